The molecular formula is C18H24N4O. The Morgan fingerprint density at radius 3 is 2.61 bits per heavy atom. The van der Waals surface area contributed by atoms with Crippen molar-refractivity contribution in [1.29, 1.82) is 0 Å². The van der Waals surface area contributed by atoms with Gasteiger partial charge in [0.15, 0.2) is 0 Å². The first-order valence-electron chi connectivity index (χ1n) is 7.96. The molecule has 0 aliphatic heterocycles. The summed E-state index contributed by atoms with van der Waals surface area (Å²) in [4.78, 5) is 20.8. The minimum absolute atomic E-state index is 0.154. The summed E-state index contributed by atoms with van der Waals surface area (Å²) in [6, 6.07) is 11.7. The molecule has 1 heterocycles. The number of nitrogens with zero attached hydrogens (tertiary/aromatic N) is 2. The number of aromatic nitrogens is 2. The second-order valence-corrected chi connectivity index (χ2v) is 6.00. The zero-order valence-electron chi connectivity index (χ0n) is 14.0. The predicted molar refractivity (Wildman–Crippen MR) is 92.3 cm³/mol. The number of nitrogens with one attached hydrogen (secondary N) is 2. The topological polar surface area (TPSA) is 66.9 Å². The second kappa shape index (κ2) is 8.27. The van der Waals surface area contributed by atoms with E-state index in [1.54, 1.807) is 6.07 Å². The SMILES string of the molecule is Cc1cc(C(=O)NCCC(C)C)nc(NCc2ccccc2)n1. The second-order valence-electron chi connectivity index (χ2n) is 6.00. The Balaban J connectivity index is 1.99. The number of amides is 1. The summed E-state index contributed by atoms with van der Waals surface area (Å²) < 4.78 is 0. The molecule has 0 saturated heterocycles. The van der Waals surface area contributed by atoms with Gasteiger partial charge >= 0.3 is 0 Å². The van der Waals surface area contributed by atoms with E-state index in [0.29, 0.717) is 30.6 Å². The quantitative estimate of drug-likeness (QED) is 0.824. The van der Waals surface area contributed by atoms with Crippen molar-refractivity contribution in [1.82, 2.24) is 15.3 Å². The molecule has 2 rings (SSSR count). The molecular weight excluding hydrogens is 288 g/mol. The fourth-order valence-corrected chi connectivity index (χ4v) is 2.11. The van der Waals surface area contributed by atoms with E-state index in [1.807, 2.05) is 37.3 Å². The van der Waals surface area contributed by atoms with Crippen LogP contribution in [-0.2, 0) is 6.54 Å². The van der Waals surface area contributed by atoms with Crippen LogP contribution in [0.2, 0.25) is 0 Å². The summed E-state index contributed by atoms with van der Waals surface area (Å²) in [5.41, 5.74) is 2.31. The Bertz CT molecular complexity index is 641. The van der Waals surface area contributed by atoms with E-state index < -0.39 is 0 Å². The van der Waals surface area contributed by atoms with Gasteiger partial charge in [-0.3, -0.25) is 4.79 Å². The Labute approximate surface area is 137 Å². The minimum atomic E-state index is -0.154. The summed E-state index contributed by atoms with van der Waals surface area (Å²) in [6.07, 6.45) is 0.953. The number of hydrogen-bond donors (Lipinski definition) is 2. The van der Waals surface area contributed by atoms with Crippen molar-refractivity contribution in [2.24, 2.45) is 5.92 Å². The standard InChI is InChI=1S/C18H24N4O/c1-13(2)9-10-19-17(23)16-11-14(3)21-18(22-16)20-12-15-7-5-4-6-8-15/h4-8,11,13H,9-10,12H2,1-3H3,(H,19,23)(H,20,21,22). The highest BCUT2D eigenvalue weighted by Crippen LogP contribution is 2.08. The van der Waals surface area contributed by atoms with Gasteiger partial charge < -0.3 is 10.6 Å². The van der Waals surface area contributed by atoms with Gasteiger partial charge in [-0.25, -0.2) is 9.97 Å². The highest BCUT2D eigenvalue weighted by Gasteiger charge is 2.10. The molecule has 0 unspecified atom stereocenters. The minimum Gasteiger partial charge on any atom is -0.351 e. The van der Waals surface area contributed by atoms with E-state index in [1.165, 1.54) is 0 Å². The lowest BCUT2D eigenvalue weighted by atomic mass is 10.1. The third-order valence-corrected chi connectivity index (χ3v) is 3.39. The van der Waals surface area contributed by atoms with E-state index in [-0.39, 0.29) is 5.91 Å². The number of anilines is 1. The van der Waals surface area contributed by atoms with Gasteiger partial charge in [0.25, 0.3) is 5.91 Å². The fourth-order valence-electron chi connectivity index (χ4n) is 2.11. The van der Waals surface area contributed by atoms with Gasteiger partial charge in [-0.2, -0.15) is 0 Å². The Hall–Kier alpha value is -2.43. The molecule has 0 atom stereocenters. The first kappa shape index (κ1) is 16.9. The molecule has 0 spiro atoms. The van der Waals surface area contributed by atoms with Gasteiger partial charge in [-0.05, 0) is 30.9 Å². The Kier molecular flexibility index (Phi) is 6.09. The summed E-state index contributed by atoms with van der Waals surface area (Å²) in [5, 5.41) is 6.07. The van der Waals surface area contributed by atoms with Crippen molar-refractivity contribution in [3.05, 3.63) is 53.3 Å². The van der Waals surface area contributed by atoms with Gasteiger partial charge in [-0.15, -0.1) is 0 Å². The van der Waals surface area contributed by atoms with Crippen LogP contribution in [0.5, 0.6) is 0 Å². The molecule has 5 nitrogen and oxygen atoms in total. The van der Waals surface area contributed by atoms with Crippen LogP contribution in [0.15, 0.2) is 36.4 Å². The molecule has 2 aromatic rings. The summed E-state index contributed by atoms with van der Waals surface area (Å²) >= 11 is 0. The van der Waals surface area contributed by atoms with Crippen LogP contribution in [0, 0.1) is 12.8 Å². The van der Waals surface area contributed by atoms with Crippen LogP contribution >= 0.6 is 0 Å². The van der Waals surface area contributed by atoms with Gasteiger partial charge in [0.05, 0.1) is 0 Å². The average Bonchev–Trinajstić information content (AvgIpc) is 2.53. The van der Waals surface area contributed by atoms with E-state index in [4.69, 9.17) is 0 Å². The number of hydrogen-bond acceptors (Lipinski definition) is 4. The number of rotatable bonds is 7. The zero-order chi connectivity index (χ0) is 16.7. The van der Waals surface area contributed by atoms with Crippen LogP contribution in [0.25, 0.3) is 0 Å². The third kappa shape index (κ3) is 5.70. The van der Waals surface area contributed by atoms with Crippen LogP contribution < -0.4 is 10.6 Å². The number of benzene rings is 1. The number of carbonyl (C=O) groups is 1. The lowest BCUT2D eigenvalue weighted by Crippen LogP contribution is -2.26. The summed E-state index contributed by atoms with van der Waals surface area (Å²) in [5.74, 6) is 0.882. The Morgan fingerprint density at radius 1 is 1.17 bits per heavy atom. The first-order valence-corrected chi connectivity index (χ1v) is 7.96. The maximum absolute atomic E-state index is 12.2. The highest BCUT2D eigenvalue weighted by atomic mass is 16.1. The van der Waals surface area contributed by atoms with Crippen molar-refractivity contribution in [2.45, 2.75) is 33.7 Å². The van der Waals surface area contributed by atoms with Crippen LogP contribution in [0.4, 0.5) is 5.95 Å². The molecule has 0 aliphatic carbocycles. The molecule has 0 saturated carbocycles. The molecule has 23 heavy (non-hydrogen) atoms. The molecule has 0 radical (unpaired) electrons. The molecule has 0 fully saturated rings. The van der Waals surface area contributed by atoms with Crippen molar-refractivity contribution in [3.63, 3.8) is 0 Å². The summed E-state index contributed by atoms with van der Waals surface area (Å²) in [6.45, 7) is 7.41. The highest BCUT2D eigenvalue weighted by molar-refractivity contribution is 5.92. The molecule has 1 aromatic heterocycles. The monoisotopic (exact) mass is 312 g/mol. The normalized spacial score (nSPS) is 10.6. The van der Waals surface area contributed by atoms with Gasteiger partial charge in [0, 0.05) is 18.8 Å². The maximum atomic E-state index is 12.2. The lowest BCUT2D eigenvalue weighted by molar-refractivity contribution is 0.0947. The van der Waals surface area contributed by atoms with Crippen molar-refractivity contribution >= 4 is 11.9 Å². The zero-order valence-corrected chi connectivity index (χ0v) is 14.0. The lowest BCUT2D eigenvalue weighted by Gasteiger charge is -2.09. The van der Waals surface area contributed by atoms with Crippen molar-refractivity contribution in [2.75, 3.05) is 11.9 Å². The Morgan fingerprint density at radius 2 is 1.91 bits per heavy atom. The van der Waals surface area contributed by atoms with E-state index in [2.05, 4.69) is 34.4 Å². The summed E-state index contributed by atoms with van der Waals surface area (Å²) in [7, 11) is 0. The third-order valence-electron chi connectivity index (χ3n) is 3.39. The van der Waals surface area contributed by atoms with Crippen molar-refractivity contribution < 1.29 is 4.79 Å². The van der Waals surface area contributed by atoms with E-state index in [0.717, 1.165) is 17.7 Å². The first-order chi connectivity index (χ1) is 11.0. The van der Waals surface area contributed by atoms with Crippen LogP contribution in [0.1, 0.15) is 42.0 Å². The molecule has 1 amide bonds. The average molecular weight is 312 g/mol. The maximum Gasteiger partial charge on any atom is 0.270 e. The van der Waals surface area contributed by atoms with Gasteiger partial charge in [0.1, 0.15) is 5.69 Å². The number of carbonyl (C=O) groups excluding carboxylic acids is 1. The predicted octanol–water partition coefficient (Wildman–Crippen LogP) is 3.17. The molecule has 122 valence electrons. The largest absolute Gasteiger partial charge is 0.351 e. The van der Waals surface area contributed by atoms with E-state index >= 15 is 0 Å². The molecule has 2 N–H and O–H groups in total. The fraction of sp³-hybridized carbons (Fsp3) is 0.389. The number of aryl methyl sites for hydroxylation is 1. The molecule has 1 aromatic carbocycles. The van der Waals surface area contributed by atoms with Crippen LogP contribution in [0.3, 0.4) is 0 Å². The molecule has 5 heteroatoms. The van der Waals surface area contributed by atoms with Crippen LogP contribution in [-0.4, -0.2) is 22.4 Å². The molecule has 0 bridgehead atoms. The van der Waals surface area contributed by atoms with Gasteiger partial charge in [-0.1, -0.05) is 44.2 Å². The smallest absolute Gasteiger partial charge is 0.270 e. The van der Waals surface area contributed by atoms with Crippen molar-refractivity contribution in [3.8, 4) is 0 Å². The molecule has 0 aliphatic rings. The van der Waals surface area contributed by atoms with Gasteiger partial charge in [0.2, 0.25) is 5.95 Å². The van der Waals surface area contributed by atoms with E-state index in [9.17, 15) is 4.79 Å².